The number of benzene rings is 1. The maximum Gasteiger partial charge on any atom is 0.323 e. The molecule has 0 fully saturated rings. The summed E-state index contributed by atoms with van der Waals surface area (Å²) < 4.78 is 0. The third-order valence-electron chi connectivity index (χ3n) is 3.87. The fraction of sp³-hybridized carbons (Fsp3) is 0.500. The van der Waals surface area contributed by atoms with Gasteiger partial charge in [0.05, 0.1) is 11.0 Å². The Kier molecular flexibility index (Phi) is 6.00. The van der Waals surface area contributed by atoms with Crippen LogP contribution in [0.1, 0.15) is 39.5 Å². The molecule has 0 aliphatic heterocycles. The molecule has 2 aromatic rings. The number of nitrogens with one attached hydrogen (secondary N) is 4. The molecule has 0 unspecified atom stereocenters. The van der Waals surface area contributed by atoms with Crippen LogP contribution in [0.15, 0.2) is 23.0 Å². The van der Waals surface area contributed by atoms with Crippen molar-refractivity contribution in [1.29, 1.82) is 0 Å². The molecule has 0 amide bonds. The largest absolute Gasteiger partial charge is 0.362 e. The minimum atomic E-state index is -0.199. The average Bonchev–Trinajstić information content (AvgIpc) is 2.87. The van der Waals surface area contributed by atoms with Crippen LogP contribution in [0.25, 0.3) is 11.0 Å². The summed E-state index contributed by atoms with van der Waals surface area (Å²) in [4.78, 5) is 16.7. The van der Waals surface area contributed by atoms with E-state index in [1.807, 2.05) is 18.2 Å². The van der Waals surface area contributed by atoms with Gasteiger partial charge in [-0.3, -0.25) is 0 Å². The molecule has 4 N–H and O–H groups in total. The van der Waals surface area contributed by atoms with E-state index in [9.17, 15) is 4.79 Å². The number of anilines is 1. The molecule has 6 heteroatoms. The second kappa shape index (κ2) is 7.98. The van der Waals surface area contributed by atoms with Gasteiger partial charge in [-0.1, -0.05) is 33.1 Å². The molecule has 22 heavy (non-hydrogen) atoms. The summed E-state index contributed by atoms with van der Waals surface area (Å²) in [5, 5.41) is 7.07. The van der Waals surface area contributed by atoms with Crippen LogP contribution in [0.3, 0.4) is 0 Å². The highest BCUT2D eigenvalue weighted by molar-refractivity contribution is 7.80. The predicted molar refractivity (Wildman–Crippen MR) is 96.4 cm³/mol. The fourth-order valence-corrected chi connectivity index (χ4v) is 2.67. The smallest absolute Gasteiger partial charge is 0.323 e. The molecule has 0 radical (unpaired) electrons. The first-order valence-electron chi connectivity index (χ1n) is 7.89. The number of hydrogen-bond acceptors (Lipinski definition) is 2. The Balaban J connectivity index is 1.88. The van der Waals surface area contributed by atoms with Crippen molar-refractivity contribution in [3.63, 3.8) is 0 Å². The number of unbranched alkanes of at least 4 members (excludes halogenated alkanes) is 1. The summed E-state index contributed by atoms with van der Waals surface area (Å²) in [7, 11) is 0. The zero-order valence-corrected chi connectivity index (χ0v) is 14.0. The topological polar surface area (TPSA) is 72.7 Å². The summed E-state index contributed by atoms with van der Waals surface area (Å²) >= 11 is 5.34. The number of H-pyrrole nitrogens is 2. The Morgan fingerprint density at radius 1 is 1.27 bits per heavy atom. The summed E-state index contributed by atoms with van der Waals surface area (Å²) in [6.07, 6.45) is 4.89. The number of rotatable bonds is 7. The molecule has 0 aliphatic rings. The lowest BCUT2D eigenvalue weighted by Crippen LogP contribution is -2.32. The van der Waals surface area contributed by atoms with E-state index in [2.05, 4.69) is 34.4 Å². The molecule has 0 bridgehead atoms. The van der Waals surface area contributed by atoms with E-state index in [1.54, 1.807) is 0 Å². The molecule has 0 spiro atoms. The van der Waals surface area contributed by atoms with E-state index in [0.29, 0.717) is 11.0 Å². The Morgan fingerprint density at radius 3 is 2.77 bits per heavy atom. The van der Waals surface area contributed by atoms with Gasteiger partial charge in [-0.25, -0.2) is 4.79 Å². The number of imidazole rings is 1. The Bertz CT molecular complexity index is 676. The van der Waals surface area contributed by atoms with Crippen LogP contribution in [0, 0.1) is 5.92 Å². The first-order valence-corrected chi connectivity index (χ1v) is 8.30. The molecule has 1 atom stereocenters. The van der Waals surface area contributed by atoms with Crippen LogP contribution in [0.4, 0.5) is 5.69 Å². The highest BCUT2D eigenvalue weighted by Gasteiger charge is 2.07. The maximum atomic E-state index is 11.2. The molecule has 1 aromatic carbocycles. The summed E-state index contributed by atoms with van der Waals surface area (Å²) in [6.45, 7) is 5.33. The van der Waals surface area contributed by atoms with Crippen LogP contribution >= 0.6 is 12.2 Å². The van der Waals surface area contributed by atoms with E-state index >= 15 is 0 Å². The Hall–Kier alpha value is -1.82. The molecule has 2 rings (SSSR count). The standard InChI is InChI=1S/C16H24N4OS/c1-3-5-6-11(4-2)10-17-16(22)18-12-7-8-13-14(9-12)20-15(21)19-13/h7-9,11H,3-6,10H2,1-2H3,(H2,17,18,22)(H2,19,20,21)/t11-/m1/s1. The van der Waals surface area contributed by atoms with Gasteiger partial charge in [0.2, 0.25) is 0 Å². The zero-order chi connectivity index (χ0) is 15.9. The molecule has 5 nitrogen and oxygen atoms in total. The number of aromatic amines is 2. The summed E-state index contributed by atoms with van der Waals surface area (Å²) in [6, 6.07) is 5.62. The van der Waals surface area contributed by atoms with Crippen LogP contribution < -0.4 is 16.3 Å². The molecule has 0 aliphatic carbocycles. The normalized spacial score (nSPS) is 12.3. The SMILES string of the molecule is CCCC[C@@H](CC)CNC(=S)Nc1ccc2[nH]c(=O)[nH]c2c1. The van der Waals surface area contributed by atoms with Gasteiger partial charge in [-0.2, -0.15) is 0 Å². The van der Waals surface area contributed by atoms with Crippen LogP contribution in [-0.4, -0.2) is 21.6 Å². The van der Waals surface area contributed by atoms with Crippen molar-refractivity contribution in [2.45, 2.75) is 39.5 Å². The van der Waals surface area contributed by atoms with Crippen molar-refractivity contribution in [2.75, 3.05) is 11.9 Å². The second-order valence-corrected chi connectivity index (χ2v) is 6.00. The van der Waals surface area contributed by atoms with E-state index < -0.39 is 0 Å². The summed E-state index contributed by atoms with van der Waals surface area (Å²) in [5.41, 5.74) is 2.23. The molecule has 1 heterocycles. The third-order valence-corrected chi connectivity index (χ3v) is 4.11. The van der Waals surface area contributed by atoms with Crippen LogP contribution in [0.2, 0.25) is 0 Å². The van der Waals surface area contributed by atoms with Crippen molar-refractivity contribution in [3.8, 4) is 0 Å². The lowest BCUT2D eigenvalue weighted by atomic mass is 9.99. The highest BCUT2D eigenvalue weighted by atomic mass is 32.1. The summed E-state index contributed by atoms with van der Waals surface area (Å²) in [5.74, 6) is 0.656. The van der Waals surface area contributed by atoms with E-state index in [-0.39, 0.29) is 5.69 Å². The molecule has 0 saturated heterocycles. The van der Waals surface area contributed by atoms with Crippen molar-refractivity contribution < 1.29 is 0 Å². The second-order valence-electron chi connectivity index (χ2n) is 5.59. The van der Waals surface area contributed by atoms with E-state index in [0.717, 1.165) is 29.7 Å². The van der Waals surface area contributed by atoms with Crippen molar-refractivity contribution >= 4 is 34.1 Å². The number of aromatic nitrogens is 2. The third kappa shape index (κ3) is 4.59. The van der Waals surface area contributed by atoms with Gasteiger partial charge in [-0.05, 0) is 42.8 Å². The number of thiocarbonyl (C=S) groups is 1. The molecule has 120 valence electrons. The number of fused-ring (bicyclic) bond motifs is 1. The van der Waals surface area contributed by atoms with Gasteiger partial charge in [0, 0.05) is 12.2 Å². The quantitative estimate of drug-likeness (QED) is 0.590. The van der Waals surface area contributed by atoms with Crippen molar-refractivity contribution in [1.82, 2.24) is 15.3 Å². The Labute approximate surface area is 135 Å². The van der Waals surface area contributed by atoms with Crippen LogP contribution in [-0.2, 0) is 0 Å². The van der Waals surface area contributed by atoms with Gasteiger partial charge < -0.3 is 20.6 Å². The average molecular weight is 320 g/mol. The molecular formula is C16H24N4OS. The Morgan fingerprint density at radius 2 is 2.05 bits per heavy atom. The lowest BCUT2D eigenvalue weighted by Gasteiger charge is -2.17. The molecular weight excluding hydrogens is 296 g/mol. The maximum absolute atomic E-state index is 11.2. The fourth-order valence-electron chi connectivity index (χ4n) is 2.47. The zero-order valence-electron chi connectivity index (χ0n) is 13.2. The van der Waals surface area contributed by atoms with Gasteiger partial charge >= 0.3 is 5.69 Å². The van der Waals surface area contributed by atoms with Crippen molar-refractivity contribution in [2.24, 2.45) is 5.92 Å². The van der Waals surface area contributed by atoms with Crippen molar-refractivity contribution in [3.05, 3.63) is 28.7 Å². The first kappa shape index (κ1) is 16.5. The lowest BCUT2D eigenvalue weighted by molar-refractivity contribution is 0.446. The van der Waals surface area contributed by atoms with Gasteiger partial charge in [-0.15, -0.1) is 0 Å². The first-order chi connectivity index (χ1) is 10.6. The monoisotopic (exact) mass is 320 g/mol. The van der Waals surface area contributed by atoms with E-state index in [4.69, 9.17) is 12.2 Å². The van der Waals surface area contributed by atoms with E-state index in [1.165, 1.54) is 19.3 Å². The molecule has 0 saturated carbocycles. The van der Waals surface area contributed by atoms with Gasteiger partial charge in [0.15, 0.2) is 5.11 Å². The molecule has 1 aromatic heterocycles. The highest BCUT2D eigenvalue weighted by Crippen LogP contribution is 2.15. The van der Waals surface area contributed by atoms with Crippen LogP contribution in [0.5, 0.6) is 0 Å². The minimum Gasteiger partial charge on any atom is -0.362 e. The minimum absolute atomic E-state index is 0.199. The van der Waals surface area contributed by atoms with Gasteiger partial charge in [0.1, 0.15) is 0 Å². The van der Waals surface area contributed by atoms with Gasteiger partial charge in [0.25, 0.3) is 0 Å². The predicted octanol–water partition coefficient (Wildman–Crippen LogP) is 3.36. The number of hydrogen-bond donors (Lipinski definition) is 4.